The fourth-order valence-corrected chi connectivity index (χ4v) is 7.07. The molecule has 45 heavy (non-hydrogen) atoms. The Morgan fingerprint density at radius 1 is 0.956 bits per heavy atom. The SMILES string of the molecule is CCNC(=O)NCCn1ccc2ncnc(Nc3ccc(OC4=CN(Cc5ccccc5)S(Cc5ccccc5)=C4)c(Cl)c3)c21. The number of nitrogens with one attached hydrogen (secondary N) is 3. The molecule has 0 saturated heterocycles. The van der Waals surface area contributed by atoms with Crippen molar-refractivity contribution in [3.63, 3.8) is 0 Å². The minimum atomic E-state index is -0.192. The summed E-state index contributed by atoms with van der Waals surface area (Å²) >= 11 is 6.76. The topological polar surface area (TPSA) is 96.3 Å². The van der Waals surface area contributed by atoms with Gasteiger partial charge in [-0.3, -0.25) is 0 Å². The number of nitrogens with zero attached hydrogens (tertiary/aromatic N) is 4. The molecule has 2 amide bonds. The van der Waals surface area contributed by atoms with Gasteiger partial charge in [-0.2, -0.15) is 0 Å². The first-order chi connectivity index (χ1) is 22.1. The van der Waals surface area contributed by atoms with E-state index in [1.165, 1.54) is 17.5 Å². The van der Waals surface area contributed by atoms with E-state index < -0.39 is 0 Å². The number of urea groups is 1. The molecule has 11 heteroatoms. The molecule has 9 nitrogen and oxygen atoms in total. The van der Waals surface area contributed by atoms with Gasteiger partial charge < -0.3 is 29.6 Å². The molecule has 3 N–H and O–H groups in total. The average molecular weight is 640 g/mol. The molecule has 1 aliphatic rings. The molecule has 3 aromatic carbocycles. The van der Waals surface area contributed by atoms with E-state index >= 15 is 0 Å². The monoisotopic (exact) mass is 639 g/mol. The molecule has 1 atom stereocenters. The largest absolute Gasteiger partial charge is 0.454 e. The molecule has 5 aromatic rings. The zero-order valence-electron chi connectivity index (χ0n) is 24.8. The second kappa shape index (κ2) is 14.3. The summed E-state index contributed by atoms with van der Waals surface area (Å²) < 4.78 is 10.7. The Balaban J connectivity index is 1.17. The number of anilines is 2. The molecule has 0 bridgehead atoms. The van der Waals surface area contributed by atoms with E-state index in [9.17, 15) is 4.79 Å². The highest BCUT2D eigenvalue weighted by atomic mass is 35.5. The number of rotatable bonds is 12. The third-order valence-corrected chi connectivity index (χ3v) is 9.38. The van der Waals surface area contributed by atoms with Gasteiger partial charge in [0, 0.05) is 42.6 Å². The number of hydrogen-bond acceptors (Lipinski definition) is 6. The minimum Gasteiger partial charge on any atom is -0.454 e. The Bertz CT molecular complexity index is 1840. The Kier molecular flexibility index (Phi) is 9.62. The van der Waals surface area contributed by atoms with Crippen molar-refractivity contribution in [1.82, 2.24) is 29.5 Å². The van der Waals surface area contributed by atoms with Crippen molar-refractivity contribution in [2.45, 2.75) is 25.8 Å². The van der Waals surface area contributed by atoms with Crippen molar-refractivity contribution in [3.05, 3.63) is 126 Å². The molecule has 0 aliphatic carbocycles. The summed E-state index contributed by atoms with van der Waals surface area (Å²) in [6.07, 6.45) is 5.54. The van der Waals surface area contributed by atoms with Crippen LogP contribution in [0.1, 0.15) is 18.1 Å². The maximum absolute atomic E-state index is 11.8. The Morgan fingerprint density at radius 2 is 1.73 bits per heavy atom. The summed E-state index contributed by atoms with van der Waals surface area (Å²) in [5, 5.41) is 11.6. The van der Waals surface area contributed by atoms with Gasteiger partial charge in [-0.15, -0.1) is 0 Å². The number of benzene rings is 3. The van der Waals surface area contributed by atoms with Crippen LogP contribution in [0, 0.1) is 0 Å². The first-order valence-electron chi connectivity index (χ1n) is 14.7. The molecule has 6 rings (SSSR count). The van der Waals surface area contributed by atoms with E-state index in [1.54, 1.807) is 0 Å². The summed E-state index contributed by atoms with van der Waals surface area (Å²) in [4.78, 5) is 20.7. The number of halogens is 1. The molecule has 0 spiro atoms. The molecule has 1 unspecified atom stereocenters. The third kappa shape index (κ3) is 7.65. The van der Waals surface area contributed by atoms with Crippen molar-refractivity contribution in [1.29, 1.82) is 0 Å². The molecule has 0 fully saturated rings. The van der Waals surface area contributed by atoms with Crippen molar-refractivity contribution in [3.8, 4) is 5.75 Å². The molecule has 0 radical (unpaired) electrons. The molecule has 1 aliphatic heterocycles. The predicted molar refractivity (Wildman–Crippen MR) is 184 cm³/mol. The van der Waals surface area contributed by atoms with Gasteiger partial charge in [0.2, 0.25) is 0 Å². The van der Waals surface area contributed by atoms with E-state index in [4.69, 9.17) is 16.3 Å². The molecule has 230 valence electrons. The van der Waals surface area contributed by atoms with Crippen LogP contribution in [0.2, 0.25) is 5.02 Å². The summed E-state index contributed by atoms with van der Waals surface area (Å²) in [6, 6.07) is 28.3. The van der Waals surface area contributed by atoms with E-state index in [-0.39, 0.29) is 16.7 Å². The second-order valence-electron chi connectivity index (χ2n) is 10.4. The summed E-state index contributed by atoms with van der Waals surface area (Å²) in [6.45, 7) is 4.27. The zero-order valence-corrected chi connectivity index (χ0v) is 26.4. The molecule has 3 heterocycles. The van der Waals surface area contributed by atoms with Gasteiger partial charge in [-0.05, 0) is 42.3 Å². The molecular weight excluding hydrogens is 606 g/mol. The highest BCUT2D eigenvalue weighted by Gasteiger charge is 2.19. The highest BCUT2D eigenvalue weighted by molar-refractivity contribution is 8.12. The van der Waals surface area contributed by atoms with Gasteiger partial charge in [0.25, 0.3) is 0 Å². The molecular formula is C34H34ClN7O2S. The van der Waals surface area contributed by atoms with Gasteiger partial charge >= 0.3 is 6.03 Å². The van der Waals surface area contributed by atoms with Crippen LogP contribution in [0.3, 0.4) is 0 Å². The van der Waals surface area contributed by atoms with Crippen LogP contribution in [0.4, 0.5) is 16.3 Å². The number of carbonyl (C=O) groups is 1. The Morgan fingerprint density at radius 3 is 2.49 bits per heavy atom. The lowest BCUT2D eigenvalue weighted by molar-refractivity contribution is 0.241. The summed E-state index contributed by atoms with van der Waals surface area (Å²) in [5.74, 6) is 2.87. The molecule has 0 saturated carbocycles. The minimum absolute atomic E-state index is 0.184. The number of hydrogen-bond donors (Lipinski definition) is 3. The summed E-state index contributed by atoms with van der Waals surface area (Å²) in [5.41, 5.74) is 4.92. The lowest BCUT2D eigenvalue weighted by Crippen LogP contribution is -2.36. The van der Waals surface area contributed by atoms with Crippen molar-refractivity contribution in [2.24, 2.45) is 0 Å². The number of allylic oxidation sites excluding steroid dienone is 1. The quantitative estimate of drug-likeness (QED) is 0.126. The maximum Gasteiger partial charge on any atom is 0.314 e. The van der Waals surface area contributed by atoms with Gasteiger partial charge in [-0.25, -0.2) is 14.8 Å². The lowest BCUT2D eigenvalue weighted by atomic mass is 10.2. The van der Waals surface area contributed by atoms with Crippen LogP contribution in [0.15, 0.2) is 109 Å². The van der Waals surface area contributed by atoms with E-state index in [0.717, 1.165) is 34.8 Å². The third-order valence-electron chi connectivity index (χ3n) is 7.11. The van der Waals surface area contributed by atoms with Crippen LogP contribution in [-0.4, -0.2) is 43.3 Å². The first-order valence-corrected chi connectivity index (χ1v) is 16.5. The fraction of sp³-hybridized carbons (Fsp3) is 0.176. The second-order valence-corrected chi connectivity index (χ2v) is 12.6. The van der Waals surface area contributed by atoms with Crippen LogP contribution in [0.5, 0.6) is 5.75 Å². The predicted octanol–water partition coefficient (Wildman–Crippen LogP) is 7.07. The van der Waals surface area contributed by atoms with Gasteiger partial charge in [0.15, 0.2) is 11.6 Å². The zero-order chi connectivity index (χ0) is 31.0. The smallest absolute Gasteiger partial charge is 0.314 e. The van der Waals surface area contributed by atoms with E-state index in [0.29, 0.717) is 36.2 Å². The van der Waals surface area contributed by atoms with Crippen molar-refractivity contribution >= 4 is 56.2 Å². The van der Waals surface area contributed by atoms with Gasteiger partial charge in [0.05, 0.1) is 23.3 Å². The van der Waals surface area contributed by atoms with Crippen molar-refractivity contribution in [2.75, 3.05) is 18.4 Å². The summed E-state index contributed by atoms with van der Waals surface area (Å²) in [7, 11) is -0.184. The van der Waals surface area contributed by atoms with Crippen LogP contribution in [-0.2, 0) is 18.8 Å². The number of aromatic nitrogens is 3. The van der Waals surface area contributed by atoms with Crippen molar-refractivity contribution < 1.29 is 9.53 Å². The number of ether oxygens (including phenoxy) is 1. The Labute approximate surface area is 270 Å². The highest BCUT2D eigenvalue weighted by Crippen LogP contribution is 2.36. The van der Waals surface area contributed by atoms with Crippen LogP contribution >= 0.6 is 22.3 Å². The molecule has 2 aromatic heterocycles. The number of amides is 2. The van der Waals surface area contributed by atoms with Gasteiger partial charge in [-0.1, -0.05) is 82.9 Å². The van der Waals surface area contributed by atoms with E-state index in [1.807, 2.05) is 54.1 Å². The standard InChI is InChI=1S/C34H34ClN7O2S/c1-2-36-34(43)37-16-18-41-17-15-30-32(41)33(39-24-38-30)40-27-13-14-31(29(35)19-27)44-28-21-42(20-25-9-5-3-6-10-25)45(23-28)22-26-11-7-4-8-12-26/h3-15,17,19,21,23-24H,2,16,18,20,22H2,1H3,(H2,36,37,43)(H,38,39,40). The first kappa shape index (κ1) is 30.2. The number of carbonyl (C=O) groups excluding carboxylic acids is 1. The Hall–Kier alpha value is -4.80. The van der Waals surface area contributed by atoms with Crippen LogP contribution in [0.25, 0.3) is 11.0 Å². The van der Waals surface area contributed by atoms with Crippen LogP contribution < -0.4 is 20.7 Å². The number of fused-ring (bicyclic) bond motifs is 1. The fourth-order valence-electron chi connectivity index (χ4n) is 5.00. The van der Waals surface area contributed by atoms with E-state index in [2.05, 4.69) is 90.3 Å². The average Bonchev–Trinajstić information content (AvgIpc) is 3.63. The normalized spacial score (nSPS) is 14.1. The maximum atomic E-state index is 11.8. The van der Waals surface area contributed by atoms with Gasteiger partial charge in [0.1, 0.15) is 17.6 Å². The lowest BCUT2D eigenvalue weighted by Gasteiger charge is -2.21.